The van der Waals surface area contributed by atoms with E-state index >= 15 is 0 Å². The number of halogens is 2. The number of anilines is 3. The van der Waals surface area contributed by atoms with Gasteiger partial charge in [-0.15, -0.1) is 0 Å². The highest BCUT2D eigenvalue weighted by Crippen LogP contribution is 2.29. The first-order valence-corrected chi connectivity index (χ1v) is 10.6. The molecule has 8 nitrogen and oxygen atoms in total. The number of carbonyl (C=O) groups is 1. The van der Waals surface area contributed by atoms with E-state index in [-0.39, 0.29) is 16.8 Å². The molecule has 0 fully saturated rings. The minimum Gasteiger partial charge on any atom is -0.373 e. The smallest absolute Gasteiger partial charge is 0.323 e. The number of nitrogens with zero attached hydrogens (tertiary/aromatic N) is 3. The van der Waals surface area contributed by atoms with Crippen molar-refractivity contribution >= 4 is 34.1 Å². The Morgan fingerprint density at radius 2 is 1.89 bits per heavy atom. The Hall–Kier alpha value is -4.78. The first-order valence-electron chi connectivity index (χ1n) is 10.6. The molecular weight excluding hydrogens is 454 g/mol. The number of hydrogen-bond acceptors (Lipinski definition) is 5. The van der Waals surface area contributed by atoms with Crippen molar-refractivity contribution in [2.24, 2.45) is 0 Å². The van der Waals surface area contributed by atoms with Crippen molar-refractivity contribution in [1.82, 2.24) is 9.55 Å². The third-order valence-electron chi connectivity index (χ3n) is 5.40. The summed E-state index contributed by atoms with van der Waals surface area (Å²) in [6.07, 6.45) is 1.56. The molecule has 0 spiro atoms. The quantitative estimate of drug-likeness (QED) is 0.380. The highest BCUT2D eigenvalue weighted by molar-refractivity contribution is 6.00. The van der Waals surface area contributed by atoms with E-state index < -0.39 is 23.2 Å². The number of carbonyl (C=O) groups excluding carboxylic acids is 1. The van der Waals surface area contributed by atoms with Gasteiger partial charge in [0, 0.05) is 48.6 Å². The normalized spacial score (nSPS) is 10.6. The average molecular weight is 474 g/mol. The van der Waals surface area contributed by atoms with E-state index in [1.807, 2.05) is 6.07 Å². The Bertz CT molecular complexity index is 1560. The molecule has 0 aliphatic rings. The van der Waals surface area contributed by atoms with E-state index in [4.69, 9.17) is 5.26 Å². The maximum atomic E-state index is 14.8. The largest absolute Gasteiger partial charge is 0.373 e. The van der Waals surface area contributed by atoms with E-state index in [9.17, 15) is 18.4 Å². The predicted octanol–water partition coefficient (Wildman–Crippen LogP) is 4.92. The number of amides is 2. The van der Waals surface area contributed by atoms with Gasteiger partial charge in [-0.25, -0.2) is 18.6 Å². The van der Waals surface area contributed by atoms with E-state index in [2.05, 4.69) is 20.9 Å². The summed E-state index contributed by atoms with van der Waals surface area (Å²) in [6, 6.07) is 12.2. The number of rotatable bonds is 5. The topological polar surface area (TPSA) is 112 Å². The number of aromatic nitrogens is 2. The summed E-state index contributed by atoms with van der Waals surface area (Å²) in [5.74, 6) is -1.39. The molecule has 10 heteroatoms. The molecule has 0 unspecified atom stereocenters. The molecular formula is C25H20F2N6O2. The van der Waals surface area contributed by atoms with E-state index in [1.165, 1.54) is 16.7 Å². The van der Waals surface area contributed by atoms with Crippen LogP contribution in [0.25, 0.3) is 22.0 Å². The van der Waals surface area contributed by atoms with Gasteiger partial charge in [-0.1, -0.05) is 6.07 Å². The lowest BCUT2D eigenvalue weighted by molar-refractivity contribution is 0.262. The van der Waals surface area contributed by atoms with Gasteiger partial charge in [0.2, 0.25) is 0 Å². The summed E-state index contributed by atoms with van der Waals surface area (Å²) in [4.78, 5) is 29.9. The number of nitrogens with one attached hydrogen (secondary N) is 3. The van der Waals surface area contributed by atoms with Crippen LogP contribution in [0.1, 0.15) is 12.5 Å². The zero-order valence-electron chi connectivity index (χ0n) is 18.8. The highest BCUT2D eigenvalue weighted by Gasteiger charge is 2.18. The summed E-state index contributed by atoms with van der Waals surface area (Å²) in [7, 11) is 1.70. The molecule has 0 bridgehead atoms. The molecule has 0 aliphatic carbocycles. The molecule has 35 heavy (non-hydrogen) atoms. The minimum atomic E-state index is -1.01. The fourth-order valence-electron chi connectivity index (χ4n) is 3.72. The Morgan fingerprint density at radius 3 is 2.60 bits per heavy atom. The van der Waals surface area contributed by atoms with Crippen LogP contribution in [-0.2, 0) is 6.54 Å². The average Bonchev–Trinajstić information content (AvgIpc) is 2.85. The third-order valence-corrected chi connectivity index (χ3v) is 5.40. The van der Waals surface area contributed by atoms with Gasteiger partial charge < -0.3 is 20.5 Å². The summed E-state index contributed by atoms with van der Waals surface area (Å²) in [6.45, 7) is 2.10. The summed E-state index contributed by atoms with van der Waals surface area (Å²) < 4.78 is 30.8. The minimum absolute atomic E-state index is 0.000960. The van der Waals surface area contributed by atoms with Crippen molar-refractivity contribution in [3.63, 3.8) is 0 Å². The van der Waals surface area contributed by atoms with Crippen LogP contribution in [0.5, 0.6) is 0 Å². The molecule has 2 aromatic heterocycles. The third kappa shape index (κ3) is 4.65. The first kappa shape index (κ1) is 23.4. The van der Waals surface area contributed by atoms with Gasteiger partial charge in [0.15, 0.2) is 0 Å². The van der Waals surface area contributed by atoms with Crippen molar-refractivity contribution in [3.05, 3.63) is 82.3 Å². The van der Waals surface area contributed by atoms with Crippen LogP contribution in [0.4, 0.5) is 30.8 Å². The van der Waals surface area contributed by atoms with Gasteiger partial charge in [0.05, 0.1) is 28.4 Å². The van der Waals surface area contributed by atoms with Crippen molar-refractivity contribution in [3.8, 4) is 17.2 Å². The fraction of sp³-hybridized carbons (Fsp3) is 0.120. The number of fused-ring (bicyclic) bond motifs is 1. The molecule has 176 valence electrons. The molecule has 0 radical (unpaired) electrons. The summed E-state index contributed by atoms with van der Waals surface area (Å²) >= 11 is 0. The zero-order valence-corrected chi connectivity index (χ0v) is 18.8. The van der Waals surface area contributed by atoms with Gasteiger partial charge in [0.25, 0.3) is 5.56 Å². The summed E-state index contributed by atoms with van der Waals surface area (Å²) in [5, 5.41) is 17.3. The maximum absolute atomic E-state index is 14.8. The Morgan fingerprint density at radius 1 is 1.09 bits per heavy atom. The molecule has 4 rings (SSSR count). The van der Waals surface area contributed by atoms with E-state index in [0.717, 1.165) is 6.07 Å². The van der Waals surface area contributed by atoms with Crippen LogP contribution < -0.4 is 21.5 Å². The SMILES string of the molecule is CCn1c(=O)c(-c2cc(NC(=O)Nc3cccc(C#N)c3)c(F)cc2F)cc2cnc(NC)cc21. The molecule has 2 aromatic carbocycles. The number of pyridine rings is 2. The van der Waals surface area contributed by atoms with Gasteiger partial charge >= 0.3 is 6.03 Å². The van der Waals surface area contributed by atoms with Gasteiger partial charge in [-0.05, 0) is 37.3 Å². The molecule has 0 atom stereocenters. The van der Waals surface area contributed by atoms with Gasteiger partial charge in [-0.2, -0.15) is 5.26 Å². The number of benzene rings is 2. The Labute approximate surface area is 198 Å². The lowest BCUT2D eigenvalue weighted by Gasteiger charge is -2.14. The number of nitriles is 1. The van der Waals surface area contributed by atoms with Gasteiger partial charge in [-0.3, -0.25) is 4.79 Å². The van der Waals surface area contributed by atoms with E-state index in [1.54, 1.807) is 44.4 Å². The number of urea groups is 1. The molecule has 2 heterocycles. The molecule has 0 aliphatic heterocycles. The van der Waals surface area contributed by atoms with Crippen LogP contribution in [0, 0.1) is 23.0 Å². The summed E-state index contributed by atoms with van der Waals surface area (Å²) in [5.41, 5.74) is 0.307. The molecule has 0 saturated carbocycles. The second-order valence-electron chi connectivity index (χ2n) is 7.57. The fourth-order valence-corrected chi connectivity index (χ4v) is 3.72. The van der Waals surface area contributed by atoms with Crippen LogP contribution >= 0.6 is 0 Å². The van der Waals surface area contributed by atoms with Crippen LogP contribution in [0.3, 0.4) is 0 Å². The lowest BCUT2D eigenvalue weighted by Crippen LogP contribution is -2.22. The van der Waals surface area contributed by atoms with Crippen molar-refractivity contribution in [2.45, 2.75) is 13.5 Å². The zero-order chi connectivity index (χ0) is 25.1. The number of hydrogen-bond donors (Lipinski definition) is 3. The van der Waals surface area contributed by atoms with Crippen LogP contribution in [0.2, 0.25) is 0 Å². The van der Waals surface area contributed by atoms with Crippen LogP contribution in [0.15, 0.2) is 59.5 Å². The van der Waals surface area contributed by atoms with Crippen molar-refractivity contribution < 1.29 is 13.6 Å². The predicted molar refractivity (Wildman–Crippen MR) is 130 cm³/mol. The molecule has 3 N–H and O–H groups in total. The monoisotopic (exact) mass is 474 g/mol. The molecule has 4 aromatic rings. The molecule has 0 saturated heterocycles. The first-order chi connectivity index (χ1) is 16.8. The second kappa shape index (κ2) is 9.61. The van der Waals surface area contributed by atoms with Crippen molar-refractivity contribution in [1.29, 1.82) is 5.26 Å². The Kier molecular flexibility index (Phi) is 6.42. The lowest BCUT2D eigenvalue weighted by atomic mass is 10.0. The maximum Gasteiger partial charge on any atom is 0.323 e. The Balaban J connectivity index is 1.74. The highest BCUT2D eigenvalue weighted by atomic mass is 19.1. The van der Waals surface area contributed by atoms with E-state index in [0.29, 0.717) is 40.6 Å². The van der Waals surface area contributed by atoms with Crippen molar-refractivity contribution in [2.75, 3.05) is 23.0 Å². The number of aryl methyl sites for hydroxylation is 1. The molecule has 2 amide bonds. The standard InChI is InChI=1S/C25H20F2N6O2/c1-3-33-22-11-23(29-2)30-13-15(22)8-18(24(33)34)17-9-21(20(27)10-19(17)26)32-25(35)31-16-6-4-5-14(7-16)12-28/h4-11,13H,3H2,1-2H3,(H,29,30)(H2,31,32,35). The van der Waals surface area contributed by atoms with Crippen LogP contribution in [-0.4, -0.2) is 22.6 Å². The second-order valence-corrected chi connectivity index (χ2v) is 7.57. The van der Waals surface area contributed by atoms with Gasteiger partial charge in [0.1, 0.15) is 17.5 Å².